The molecule has 1 aromatic heterocycles. The SMILES string of the molecule is CC(C)N(C)c1nc2cc(F)cc(F)c2c(=O)n1NCCCc1cccc(F)c1. The standard InChI is InChI=1S/C21H23F3N4O/c1-13(2)27(3)21-26-18-12-16(23)11-17(24)19(18)20(29)28(21)25-9-5-7-14-6-4-8-15(22)10-14/h4,6,8,10-13,25H,5,7,9H2,1-3H3. The molecule has 0 aliphatic heterocycles. The van der Waals surface area contributed by atoms with Crippen LogP contribution in [0.4, 0.5) is 19.1 Å². The average molecular weight is 404 g/mol. The summed E-state index contributed by atoms with van der Waals surface area (Å²) in [4.78, 5) is 19.0. The Bertz CT molecular complexity index is 1080. The fraction of sp³-hybridized carbons (Fsp3) is 0.333. The molecule has 0 saturated heterocycles. The Morgan fingerprint density at radius 3 is 2.59 bits per heavy atom. The van der Waals surface area contributed by atoms with Crippen LogP contribution >= 0.6 is 0 Å². The molecule has 1 N–H and O–H groups in total. The van der Waals surface area contributed by atoms with Crippen LogP contribution in [0.5, 0.6) is 0 Å². The Labute approximate surface area is 166 Å². The van der Waals surface area contributed by atoms with Crippen LogP contribution in [0.25, 0.3) is 10.9 Å². The van der Waals surface area contributed by atoms with Gasteiger partial charge >= 0.3 is 0 Å². The average Bonchev–Trinajstić information content (AvgIpc) is 2.65. The number of hydrogen-bond acceptors (Lipinski definition) is 4. The van der Waals surface area contributed by atoms with Crippen molar-refractivity contribution in [1.82, 2.24) is 9.66 Å². The summed E-state index contributed by atoms with van der Waals surface area (Å²) in [6, 6.07) is 8.04. The lowest BCUT2D eigenvalue weighted by atomic mass is 10.1. The second-order valence-electron chi connectivity index (χ2n) is 7.18. The van der Waals surface area contributed by atoms with Crippen LogP contribution < -0.4 is 15.9 Å². The number of nitrogens with one attached hydrogen (secondary N) is 1. The Balaban J connectivity index is 1.91. The van der Waals surface area contributed by atoms with Crippen LogP contribution in [0.1, 0.15) is 25.8 Å². The molecule has 0 unspecified atom stereocenters. The van der Waals surface area contributed by atoms with Crippen LogP contribution in [-0.2, 0) is 6.42 Å². The summed E-state index contributed by atoms with van der Waals surface area (Å²) >= 11 is 0. The van der Waals surface area contributed by atoms with E-state index in [0.29, 0.717) is 25.5 Å². The molecule has 0 bridgehead atoms. The van der Waals surface area contributed by atoms with E-state index >= 15 is 0 Å². The van der Waals surface area contributed by atoms with Crippen LogP contribution in [0.15, 0.2) is 41.2 Å². The van der Waals surface area contributed by atoms with Crippen molar-refractivity contribution >= 4 is 16.9 Å². The number of anilines is 1. The Morgan fingerprint density at radius 1 is 1.14 bits per heavy atom. The maximum absolute atomic E-state index is 14.3. The number of aromatic nitrogens is 2. The van der Waals surface area contributed by atoms with Gasteiger partial charge in [-0.2, -0.15) is 4.68 Å². The lowest BCUT2D eigenvalue weighted by Gasteiger charge is -2.26. The third-order valence-corrected chi connectivity index (χ3v) is 4.76. The lowest BCUT2D eigenvalue weighted by Crippen LogP contribution is -2.39. The van der Waals surface area contributed by atoms with E-state index in [9.17, 15) is 18.0 Å². The predicted octanol–water partition coefficient (Wildman–Crippen LogP) is 3.83. The first-order valence-electron chi connectivity index (χ1n) is 9.41. The lowest BCUT2D eigenvalue weighted by molar-refractivity contribution is 0.588. The van der Waals surface area contributed by atoms with Crippen LogP contribution in [0.3, 0.4) is 0 Å². The molecule has 0 radical (unpaired) electrons. The van der Waals surface area contributed by atoms with Crippen molar-refractivity contribution in [1.29, 1.82) is 0 Å². The quantitative estimate of drug-likeness (QED) is 0.608. The van der Waals surface area contributed by atoms with E-state index in [1.165, 1.54) is 16.8 Å². The summed E-state index contributed by atoms with van der Waals surface area (Å²) < 4.78 is 42.3. The van der Waals surface area contributed by atoms with E-state index < -0.39 is 17.2 Å². The summed E-state index contributed by atoms with van der Waals surface area (Å²) in [5, 5.41) is -0.273. The zero-order chi connectivity index (χ0) is 21.1. The number of aryl methyl sites for hydroxylation is 1. The highest BCUT2D eigenvalue weighted by Crippen LogP contribution is 2.19. The first kappa shape index (κ1) is 20.7. The smallest absolute Gasteiger partial charge is 0.284 e. The van der Waals surface area contributed by atoms with Gasteiger partial charge in [-0.15, -0.1) is 0 Å². The zero-order valence-electron chi connectivity index (χ0n) is 16.5. The number of benzene rings is 2. The van der Waals surface area contributed by atoms with E-state index in [-0.39, 0.29) is 28.7 Å². The van der Waals surface area contributed by atoms with Crippen molar-refractivity contribution in [3.05, 3.63) is 69.8 Å². The number of rotatable bonds is 7. The van der Waals surface area contributed by atoms with E-state index in [0.717, 1.165) is 11.6 Å². The van der Waals surface area contributed by atoms with Gasteiger partial charge in [-0.3, -0.25) is 4.79 Å². The Morgan fingerprint density at radius 2 is 1.90 bits per heavy atom. The van der Waals surface area contributed by atoms with Gasteiger partial charge in [-0.1, -0.05) is 12.1 Å². The summed E-state index contributed by atoms with van der Waals surface area (Å²) in [6.07, 6.45) is 1.22. The highest BCUT2D eigenvalue weighted by molar-refractivity contribution is 5.79. The Kier molecular flexibility index (Phi) is 6.10. The molecule has 3 rings (SSSR count). The van der Waals surface area contributed by atoms with Crippen molar-refractivity contribution in [2.24, 2.45) is 0 Å². The molecule has 2 aromatic carbocycles. The van der Waals surface area contributed by atoms with E-state index in [4.69, 9.17) is 0 Å². The van der Waals surface area contributed by atoms with E-state index in [2.05, 4.69) is 10.4 Å². The van der Waals surface area contributed by atoms with Crippen LogP contribution in [0.2, 0.25) is 0 Å². The third-order valence-electron chi connectivity index (χ3n) is 4.76. The molecule has 0 atom stereocenters. The molecule has 3 aromatic rings. The minimum atomic E-state index is -0.952. The first-order chi connectivity index (χ1) is 13.8. The summed E-state index contributed by atoms with van der Waals surface area (Å²) in [5.41, 5.74) is 3.15. The van der Waals surface area contributed by atoms with Gasteiger partial charge in [0, 0.05) is 31.8 Å². The first-order valence-corrected chi connectivity index (χ1v) is 9.41. The molecule has 0 spiro atoms. The van der Waals surface area contributed by atoms with Crippen molar-refractivity contribution in [2.45, 2.75) is 32.7 Å². The van der Waals surface area contributed by atoms with Gasteiger partial charge in [0.25, 0.3) is 5.56 Å². The monoisotopic (exact) mass is 404 g/mol. The van der Waals surface area contributed by atoms with Gasteiger partial charge in [0.1, 0.15) is 22.8 Å². The molecule has 29 heavy (non-hydrogen) atoms. The van der Waals surface area contributed by atoms with Crippen LogP contribution in [0, 0.1) is 17.5 Å². The molecular weight excluding hydrogens is 381 g/mol. The fourth-order valence-corrected chi connectivity index (χ4v) is 3.01. The fourth-order valence-electron chi connectivity index (χ4n) is 3.01. The molecular formula is C21H23F3N4O. The number of hydrogen-bond donors (Lipinski definition) is 1. The highest BCUT2D eigenvalue weighted by atomic mass is 19.1. The van der Waals surface area contributed by atoms with Gasteiger partial charge < -0.3 is 10.3 Å². The zero-order valence-corrected chi connectivity index (χ0v) is 16.5. The van der Waals surface area contributed by atoms with Crippen molar-refractivity contribution in [2.75, 3.05) is 23.9 Å². The molecule has 5 nitrogen and oxygen atoms in total. The maximum Gasteiger partial charge on any atom is 0.284 e. The molecule has 0 amide bonds. The normalized spacial score (nSPS) is 11.3. The summed E-state index contributed by atoms with van der Waals surface area (Å²) in [5.74, 6) is -1.78. The van der Waals surface area contributed by atoms with Gasteiger partial charge in [0.05, 0.1) is 5.52 Å². The maximum atomic E-state index is 14.3. The van der Waals surface area contributed by atoms with Crippen molar-refractivity contribution < 1.29 is 13.2 Å². The topological polar surface area (TPSA) is 50.2 Å². The Hall–Kier alpha value is -3.03. The van der Waals surface area contributed by atoms with Gasteiger partial charge in [-0.25, -0.2) is 18.2 Å². The van der Waals surface area contributed by atoms with Crippen molar-refractivity contribution in [3.63, 3.8) is 0 Å². The van der Waals surface area contributed by atoms with Gasteiger partial charge in [0.15, 0.2) is 0 Å². The molecule has 8 heteroatoms. The second-order valence-corrected chi connectivity index (χ2v) is 7.18. The largest absolute Gasteiger partial charge is 0.341 e. The minimum absolute atomic E-state index is 0.00176. The van der Waals surface area contributed by atoms with Gasteiger partial charge in [-0.05, 0) is 44.4 Å². The summed E-state index contributed by atoms with van der Waals surface area (Å²) in [7, 11) is 1.75. The van der Waals surface area contributed by atoms with Crippen LogP contribution in [-0.4, -0.2) is 29.3 Å². The number of fused-ring (bicyclic) bond motifs is 1. The third kappa shape index (κ3) is 4.52. The number of nitrogens with zero attached hydrogens (tertiary/aromatic N) is 3. The predicted molar refractivity (Wildman–Crippen MR) is 108 cm³/mol. The molecule has 0 aliphatic carbocycles. The second kappa shape index (κ2) is 8.55. The van der Waals surface area contributed by atoms with Crippen molar-refractivity contribution in [3.8, 4) is 0 Å². The highest BCUT2D eigenvalue weighted by Gasteiger charge is 2.19. The minimum Gasteiger partial charge on any atom is -0.341 e. The molecule has 0 saturated carbocycles. The summed E-state index contributed by atoms with van der Waals surface area (Å²) in [6.45, 7) is 4.21. The molecule has 154 valence electrons. The molecule has 0 aliphatic rings. The number of halogens is 3. The van der Waals surface area contributed by atoms with E-state index in [1.807, 2.05) is 19.9 Å². The van der Waals surface area contributed by atoms with Gasteiger partial charge in [0.2, 0.25) is 5.95 Å². The molecule has 0 fully saturated rings. The molecule has 1 heterocycles. The van der Waals surface area contributed by atoms with E-state index in [1.54, 1.807) is 18.0 Å².